The van der Waals surface area contributed by atoms with Gasteiger partial charge in [-0.25, -0.2) is 4.79 Å². The fourth-order valence-electron chi connectivity index (χ4n) is 1.15. The van der Waals surface area contributed by atoms with Gasteiger partial charge in [0.05, 0.1) is 13.2 Å². The Kier molecular flexibility index (Phi) is 5.74. The summed E-state index contributed by atoms with van der Waals surface area (Å²) in [5, 5.41) is 9.00. The first kappa shape index (κ1) is 13.2. The third kappa shape index (κ3) is 4.65. The Labute approximate surface area is 99.7 Å². The van der Waals surface area contributed by atoms with Crippen LogP contribution < -0.4 is 4.74 Å². The number of rotatable bonds is 6. The molecule has 0 spiro atoms. The standard InChI is InChI=1S/C12H15NO4/c1-2-16-12(15)6-4-8-17-11-5-3-7-13-10(11)9-14/h3-7,14H,2,8-9H2,1H3. The summed E-state index contributed by atoms with van der Waals surface area (Å²) in [5.74, 6) is 0.105. The molecule has 5 nitrogen and oxygen atoms in total. The highest BCUT2D eigenvalue weighted by Crippen LogP contribution is 2.14. The molecule has 0 aliphatic heterocycles. The van der Waals surface area contributed by atoms with Gasteiger partial charge in [-0.3, -0.25) is 4.98 Å². The number of carbonyl (C=O) groups is 1. The molecule has 0 atom stereocenters. The molecule has 0 saturated carbocycles. The number of pyridine rings is 1. The molecule has 17 heavy (non-hydrogen) atoms. The Morgan fingerprint density at radius 1 is 1.59 bits per heavy atom. The first-order valence-corrected chi connectivity index (χ1v) is 5.28. The number of hydrogen-bond acceptors (Lipinski definition) is 5. The van der Waals surface area contributed by atoms with E-state index in [0.29, 0.717) is 18.1 Å². The Hall–Kier alpha value is -1.88. The molecule has 0 fully saturated rings. The largest absolute Gasteiger partial charge is 0.488 e. The molecule has 0 saturated heterocycles. The third-order valence-electron chi connectivity index (χ3n) is 1.87. The average molecular weight is 237 g/mol. The molecule has 1 rings (SSSR count). The molecule has 0 amide bonds. The second kappa shape index (κ2) is 7.40. The predicted molar refractivity (Wildman–Crippen MR) is 61.4 cm³/mol. The van der Waals surface area contributed by atoms with E-state index in [1.54, 1.807) is 31.3 Å². The van der Waals surface area contributed by atoms with Crippen LogP contribution in [0.3, 0.4) is 0 Å². The van der Waals surface area contributed by atoms with Gasteiger partial charge in [0.15, 0.2) is 0 Å². The third-order valence-corrected chi connectivity index (χ3v) is 1.87. The first-order valence-electron chi connectivity index (χ1n) is 5.28. The molecule has 1 heterocycles. The lowest BCUT2D eigenvalue weighted by atomic mass is 10.3. The molecular formula is C12H15NO4. The quantitative estimate of drug-likeness (QED) is 0.592. The highest BCUT2D eigenvalue weighted by atomic mass is 16.5. The van der Waals surface area contributed by atoms with Crippen LogP contribution in [0.15, 0.2) is 30.5 Å². The van der Waals surface area contributed by atoms with Crippen LogP contribution in [0, 0.1) is 0 Å². The topological polar surface area (TPSA) is 68.7 Å². The van der Waals surface area contributed by atoms with Crippen LogP contribution in [0.1, 0.15) is 12.6 Å². The van der Waals surface area contributed by atoms with Crippen molar-refractivity contribution in [1.29, 1.82) is 0 Å². The molecular weight excluding hydrogens is 222 g/mol. The number of aliphatic hydroxyl groups is 1. The monoisotopic (exact) mass is 237 g/mol. The summed E-state index contributed by atoms with van der Waals surface area (Å²) in [6, 6.07) is 3.42. The molecule has 0 aromatic carbocycles. The van der Waals surface area contributed by atoms with E-state index < -0.39 is 5.97 Å². The van der Waals surface area contributed by atoms with Gasteiger partial charge >= 0.3 is 5.97 Å². The van der Waals surface area contributed by atoms with Gasteiger partial charge < -0.3 is 14.6 Å². The van der Waals surface area contributed by atoms with Crippen LogP contribution in [0.2, 0.25) is 0 Å². The highest BCUT2D eigenvalue weighted by molar-refractivity contribution is 5.81. The molecule has 5 heteroatoms. The SMILES string of the molecule is CCOC(=O)C=CCOc1cccnc1CO. The Morgan fingerprint density at radius 3 is 3.12 bits per heavy atom. The lowest BCUT2D eigenvalue weighted by Gasteiger charge is -2.06. The van der Waals surface area contributed by atoms with Gasteiger partial charge in [-0.1, -0.05) is 0 Å². The fraction of sp³-hybridized carbons (Fsp3) is 0.333. The van der Waals surface area contributed by atoms with Gasteiger partial charge in [0.1, 0.15) is 18.1 Å². The van der Waals surface area contributed by atoms with Gasteiger partial charge in [-0.15, -0.1) is 0 Å². The summed E-state index contributed by atoms with van der Waals surface area (Å²) in [5.41, 5.74) is 0.469. The lowest BCUT2D eigenvalue weighted by Crippen LogP contribution is -2.02. The molecule has 0 unspecified atom stereocenters. The summed E-state index contributed by atoms with van der Waals surface area (Å²) >= 11 is 0. The van der Waals surface area contributed by atoms with E-state index in [9.17, 15) is 4.79 Å². The Morgan fingerprint density at radius 2 is 2.41 bits per heavy atom. The highest BCUT2D eigenvalue weighted by Gasteiger charge is 2.01. The molecule has 1 aromatic rings. The maximum Gasteiger partial charge on any atom is 0.330 e. The van der Waals surface area contributed by atoms with Gasteiger partial charge in [-0.05, 0) is 25.1 Å². The van der Waals surface area contributed by atoms with E-state index in [1.807, 2.05) is 0 Å². The van der Waals surface area contributed by atoms with Crippen LogP contribution in [-0.2, 0) is 16.1 Å². The average Bonchev–Trinajstić information content (AvgIpc) is 2.35. The van der Waals surface area contributed by atoms with Crippen molar-refractivity contribution in [2.24, 2.45) is 0 Å². The van der Waals surface area contributed by atoms with E-state index in [4.69, 9.17) is 14.6 Å². The fourth-order valence-corrected chi connectivity index (χ4v) is 1.15. The van der Waals surface area contributed by atoms with Crippen molar-refractivity contribution in [3.8, 4) is 5.75 Å². The minimum Gasteiger partial charge on any atom is -0.488 e. The van der Waals surface area contributed by atoms with Crippen LogP contribution in [0.4, 0.5) is 0 Å². The van der Waals surface area contributed by atoms with Crippen molar-refractivity contribution in [2.45, 2.75) is 13.5 Å². The van der Waals surface area contributed by atoms with Crippen LogP contribution in [0.5, 0.6) is 5.75 Å². The zero-order valence-electron chi connectivity index (χ0n) is 9.63. The van der Waals surface area contributed by atoms with Crippen LogP contribution in [-0.4, -0.2) is 29.3 Å². The number of carbonyl (C=O) groups excluding carboxylic acids is 1. The van der Waals surface area contributed by atoms with Gasteiger partial charge in [0, 0.05) is 12.3 Å². The van der Waals surface area contributed by atoms with E-state index in [2.05, 4.69) is 4.98 Å². The number of ether oxygens (including phenoxy) is 2. The second-order valence-electron chi connectivity index (χ2n) is 3.07. The predicted octanol–water partition coefficient (Wildman–Crippen LogP) is 1.07. The van der Waals surface area contributed by atoms with Crippen molar-refractivity contribution in [1.82, 2.24) is 4.98 Å². The molecule has 92 valence electrons. The van der Waals surface area contributed by atoms with E-state index in [1.165, 1.54) is 6.08 Å². The minimum atomic E-state index is -0.398. The molecule has 1 N–H and O–H groups in total. The van der Waals surface area contributed by atoms with Crippen molar-refractivity contribution in [2.75, 3.05) is 13.2 Å². The molecule has 0 aliphatic carbocycles. The van der Waals surface area contributed by atoms with Crippen LogP contribution in [0.25, 0.3) is 0 Å². The van der Waals surface area contributed by atoms with Crippen molar-refractivity contribution in [3.05, 3.63) is 36.2 Å². The lowest BCUT2D eigenvalue weighted by molar-refractivity contribution is -0.137. The number of aliphatic hydroxyl groups excluding tert-OH is 1. The summed E-state index contributed by atoms with van der Waals surface area (Å²) < 4.78 is 10.0. The Balaban J connectivity index is 2.43. The normalized spacial score (nSPS) is 10.5. The molecule has 0 bridgehead atoms. The maximum atomic E-state index is 11.0. The van der Waals surface area contributed by atoms with E-state index in [0.717, 1.165) is 0 Å². The number of aromatic nitrogens is 1. The number of nitrogens with zero attached hydrogens (tertiary/aromatic N) is 1. The van der Waals surface area contributed by atoms with E-state index in [-0.39, 0.29) is 13.2 Å². The summed E-state index contributed by atoms with van der Waals surface area (Å²) in [6.45, 7) is 2.13. The number of esters is 1. The zero-order valence-corrected chi connectivity index (χ0v) is 9.63. The van der Waals surface area contributed by atoms with Gasteiger partial charge in [-0.2, -0.15) is 0 Å². The van der Waals surface area contributed by atoms with Crippen LogP contribution >= 0.6 is 0 Å². The first-order chi connectivity index (χ1) is 8.27. The van der Waals surface area contributed by atoms with Gasteiger partial charge in [0.2, 0.25) is 0 Å². The molecule has 0 radical (unpaired) electrons. The zero-order chi connectivity index (χ0) is 12.5. The minimum absolute atomic E-state index is 0.183. The number of hydrogen-bond donors (Lipinski definition) is 1. The van der Waals surface area contributed by atoms with Crippen molar-refractivity contribution >= 4 is 5.97 Å². The Bertz CT molecular complexity index is 390. The maximum absolute atomic E-state index is 11.0. The molecule has 1 aromatic heterocycles. The molecule has 0 aliphatic rings. The summed E-state index contributed by atoms with van der Waals surface area (Å²) in [4.78, 5) is 14.9. The second-order valence-corrected chi connectivity index (χ2v) is 3.07. The van der Waals surface area contributed by atoms with Crippen molar-refractivity contribution in [3.63, 3.8) is 0 Å². The van der Waals surface area contributed by atoms with Gasteiger partial charge in [0.25, 0.3) is 0 Å². The summed E-state index contributed by atoms with van der Waals surface area (Å²) in [6.07, 6.45) is 4.43. The van der Waals surface area contributed by atoms with E-state index >= 15 is 0 Å². The summed E-state index contributed by atoms with van der Waals surface area (Å²) in [7, 11) is 0. The van der Waals surface area contributed by atoms with Crippen molar-refractivity contribution < 1.29 is 19.4 Å². The smallest absolute Gasteiger partial charge is 0.330 e.